The van der Waals surface area contributed by atoms with E-state index in [1.165, 1.54) is 0 Å². The van der Waals surface area contributed by atoms with Crippen LogP contribution in [0, 0.1) is 0 Å². The molecule has 0 radical (unpaired) electrons. The Morgan fingerprint density at radius 3 is 2.60 bits per heavy atom. The molecule has 2 nitrogen and oxygen atoms in total. The molecule has 0 aliphatic carbocycles. The van der Waals surface area contributed by atoms with Crippen LogP contribution < -0.4 is 0 Å². The van der Waals surface area contributed by atoms with Gasteiger partial charge in [0, 0.05) is 7.78 Å². The molecule has 2 atom stereocenters. The van der Waals surface area contributed by atoms with Crippen LogP contribution in [-0.4, -0.2) is 17.0 Å². The topological polar surface area (TPSA) is 26.3 Å². The first-order valence-electron chi connectivity index (χ1n) is 3.59. The van der Waals surface area contributed by atoms with Gasteiger partial charge >= 0.3 is 0 Å². The van der Waals surface area contributed by atoms with Crippen molar-refractivity contribution in [2.75, 3.05) is 12.8 Å². The zero-order valence-corrected chi connectivity index (χ0v) is 8.37. The van der Waals surface area contributed by atoms with Crippen LogP contribution >= 0.6 is 7.78 Å². The Kier molecular flexibility index (Phi) is 8.06. The first-order valence-corrected chi connectivity index (χ1v) is 6.60. The molecule has 62 valence electrons. The van der Waals surface area contributed by atoms with Crippen molar-refractivity contribution in [2.24, 2.45) is 0 Å². The minimum atomic E-state index is -0.992. The molecular formula is C6H15O2PS. The highest BCUT2D eigenvalue weighted by Crippen LogP contribution is 2.18. The van der Waals surface area contributed by atoms with E-state index in [1.54, 1.807) is 0 Å². The summed E-state index contributed by atoms with van der Waals surface area (Å²) in [5, 5.41) is 0. The monoisotopic (exact) mass is 182 g/mol. The van der Waals surface area contributed by atoms with Crippen LogP contribution in [0.4, 0.5) is 0 Å². The second-order valence-corrected chi connectivity index (χ2v) is 5.31. The van der Waals surface area contributed by atoms with Crippen molar-refractivity contribution in [3.63, 3.8) is 0 Å². The van der Waals surface area contributed by atoms with Gasteiger partial charge < -0.3 is 0 Å². The number of hydrogen-bond acceptors (Lipinski definition) is 2. The van der Waals surface area contributed by atoms with Crippen LogP contribution in [-0.2, 0) is 14.9 Å². The number of hydrogen-bond donors (Lipinski definition) is 0. The normalized spacial score (nSPS) is 14.6. The predicted molar refractivity (Wildman–Crippen MR) is 47.9 cm³/mol. The quantitative estimate of drug-likeness (QED) is 0.588. The second-order valence-electron chi connectivity index (χ2n) is 1.95. The molecule has 0 aliphatic rings. The van der Waals surface area contributed by atoms with E-state index in [2.05, 4.69) is 6.92 Å². The van der Waals surface area contributed by atoms with Crippen molar-refractivity contribution in [3.05, 3.63) is 0 Å². The molecule has 0 bridgehead atoms. The molecule has 0 saturated carbocycles. The van der Waals surface area contributed by atoms with Crippen LogP contribution in [0.1, 0.15) is 26.7 Å². The van der Waals surface area contributed by atoms with Gasteiger partial charge in [0.05, 0.1) is 6.61 Å². The van der Waals surface area contributed by atoms with Crippen molar-refractivity contribution in [2.45, 2.75) is 26.7 Å². The Morgan fingerprint density at radius 2 is 2.10 bits per heavy atom. The maximum atomic E-state index is 10.9. The van der Waals surface area contributed by atoms with Crippen molar-refractivity contribution in [1.82, 2.24) is 0 Å². The SMILES string of the molecule is CCCOS(=O)PCCC. The lowest BCUT2D eigenvalue weighted by Gasteiger charge is -1.99. The van der Waals surface area contributed by atoms with Gasteiger partial charge in [0.25, 0.3) is 0 Å². The number of rotatable bonds is 6. The average Bonchev–Trinajstić information content (AvgIpc) is 1.97. The summed E-state index contributed by atoms with van der Waals surface area (Å²) in [6, 6.07) is 0. The lowest BCUT2D eigenvalue weighted by molar-refractivity contribution is 0.355. The fourth-order valence-electron chi connectivity index (χ4n) is 0.386. The van der Waals surface area contributed by atoms with E-state index >= 15 is 0 Å². The summed E-state index contributed by atoms with van der Waals surface area (Å²) in [7, 11) is -0.526. The Labute approximate surface area is 66.9 Å². The van der Waals surface area contributed by atoms with E-state index in [-0.39, 0.29) is 0 Å². The second kappa shape index (κ2) is 7.64. The van der Waals surface area contributed by atoms with Gasteiger partial charge in [-0.1, -0.05) is 20.3 Å². The van der Waals surface area contributed by atoms with E-state index in [9.17, 15) is 4.21 Å². The van der Waals surface area contributed by atoms with E-state index in [0.717, 1.165) is 19.0 Å². The molecule has 0 aromatic heterocycles. The molecule has 0 aliphatic heterocycles. The third-order valence-electron chi connectivity index (χ3n) is 0.864. The zero-order valence-electron chi connectivity index (χ0n) is 6.55. The highest BCUT2D eigenvalue weighted by Gasteiger charge is 1.96. The Bertz CT molecular complexity index is 87.7. The zero-order chi connectivity index (χ0) is 7.82. The molecule has 0 heterocycles. The van der Waals surface area contributed by atoms with E-state index < -0.39 is 10.7 Å². The van der Waals surface area contributed by atoms with E-state index in [4.69, 9.17) is 4.18 Å². The summed E-state index contributed by atoms with van der Waals surface area (Å²) < 4.78 is 15.8. The van der Waals surface area contributed by atoms with Gasteiger partial charge in [-0.25, -0.2) is 4.21 Å². The van der Waals surface area contributed by atoms with Crippen LogP contribution in [0.15, 0.2) is 0 Å². The first kappa shape index (κ1) is 10.5. The van der Waals surface area contributed by atoms with E-state index in [0.29, 0.717) is 14.4 Å². The maximum absolute atomic E-state index is 10.9. The summed E-state index contributed by atoms with van der Waals surface area (Å²) in [4.78, 5) is 0. The van der Waals surface area contributed by atoms with Gasteiger partial charge in [0.2, 0.25) is 0 Å². The smallest absolute Gasteiger partial charge is 0.173 e. The summed E-state index contributed by atoms with van der Waals surface area (Å²) in [5.74, 6) is 0. The molecule has 0 saturated heterocycles. The molecular weight excluding hydrogens is 167 g/mol. The van der Waals surface area contributed by atoms with Crippen LogP contribution in [0.2, 0.25) is 0 Å². The fraction of sp³-hybridized carbons (Fsp3) is 1.00. The largest absolute Gasteiger partial charge is 0.288 e. The Balaban J connectivity index is 3.09. The standard InChI is InChI=1S/C6H15O2PS/c1-3-5-8-10(7)9-6-4-2/h9H,3-6H2,1-2H3. The molecule has 0 amide bonds. The van der Waals surface area contributed by atoms with Gasteiger partial charge in [0.1, 0.15) is 0 Å². The molecule has 0 aromatic rings. The molecule has 0 spiro atoms. The highest BCUT2D eigenvalue weighted by atomic mass is 32.7. The van der Waals surface area contributed by atoms with Crippen molar-refractivity contribution >= 4 is 18.5 Å². The van der Waals surface area contributed by atoms with Crippen molar-refractivity contribution in [1.29, 1.82) is 0 Å². The third kappa shape index (κ3) is 6.66. The molecule has 4 heteroatoms. The average molecular weight is 182 g/mol. The van der Waals surface area contributed by atoms with E-state index in [1.807, 2.05) is 6.92 Å². The van der Waals surface area contributed by atoms with Crippen LogP contribution in [0.5, 0.6) is 0 Å². The lowest BCUT2D eigenvalue weighted by atomic mass is 10.5. The maximum Gasteiger partial charge on any atom is 0.173 e. The van der Waals surface area contributed by atoms with Gasteiger partial charge in [-0.05, 0) is 12.6 Å². The molecule has 2 unspecified atom stereocenters. The molecule has 10 heavy (non-hydrogen) atoms. The summed E-state index contributed by atoms with van der Waals surface area (Å²) >= 11 is 0. The summed E-state index contributed by atoms with van der Waals surface area (Å²) in [6.07, 6.45) is 3.07. The van der Waals surface area contributed by atoms with Crippen molar-refractivity contribution < 1.29 is 8.39 Å². The molecule has 0 rings (SSSR count). The minimum absolute atomic E-state index is 0.466. The van der Waals surface area contributed by atoms with Crippen LogP contribution in [0.25, 0.3) is 0 Å². The third-order valence-corrected chi connectivity index (χ3v) is 3.86. The van der Waals surface area contributed by atoms with Crippen molar-refractivity contribution in [3.8, 4) is 0 Å². The predicted octanol–water partition coefficient (Wildman–Crippen LogP) is 2.08. The van der Waals surface area contributed by atoms with Gasteiger partial charge in [-0.3, -0.25) is 4.18 Å². The summed E-state index contributed by atoms with van der Waals surface area (Å²) in [6.45, 7) is 4.73. The summed E-state index contributed by atoms with van der Waals surface area (Å²) in [5.41, 5.74) is 0. The molecule has 0 fully saturated rings. The van der Waals surface area contributed by atoms with Crippen LogP contribution in [0.3, 0.4) is 0 Å². The van der Waals surface area contributed by atoms with Gasteiger partial charge in [0.15, 0.2) is 10.7 Å². The highest BCUT2D eigenvalue weighted by molar-refractivity contribution is 8.37. The first-order chi connectivity index (χ1) is 4.81. The molecule has 0 N–H and O–H groups in total. The Morgan fingerprint density at radius 1 is 1.40 bits per heavy atom. The minimum Gasteiger partial charge on any atom is -0.288 e. The van der Waals surface area contributed by atoms with Gasteiger partial charge in [-0.2, -0.15) is 0 Å². The molecule has 0 aromatic carbocycles. The fourth-order valence-corrected chi connectivity index (χ4v) is 2.77. The lowest BCUT2D eigenvalue weighted by Crippen LogP contribution is -1.92. The Hall–Kier alpha value is 0.540. The van der Waals surface area contributed by atoms with Gasteiger partial charge in [-0.15, -0.1) is 0 Å².